The zero-order chi connectivity index (χ0) is 15.6. The number of hydrogen-bond donors (Lipinski definition) is 2. The zero-order valence-electron chi connectivity index (χ0n) is 11.5. The summed E-state index contributed by atoms with van der Waals surface area (Å²) in [5.74, 6) is -0.0866. The summed E-state index contributed by atoms with van der Waals surface area (Å²) in [4.78, 5) is 11.3. The predicted octanol–water partition coefficient (Wildman–Crippen LogP) is 4.37. The summed E-state index contributed by atoms with van der Waals surface area (Å²) in [6, 6.07) is 3.30. The Labute approximate surface area is 125 Å². The molecule has 1 unspecified atom stereocenters. The Morgan fingerprint density at radius 2 is 2.14 bits per heavy atom. The van der Waals surface area contributed by atoms with Crippen LogP contribution in [-0.2, 0) is 11.2 Å². The number of carbonyl (C=O) groups excluding carboxylic acids is 1. The highest BCUT2D eigenvalue weighted by atomic mass is 35.5. The number of nitrogens with one attached hydrogen (secondary N) is 2. The van der Waals surface area contributed by atoms with Gasteiger partial charge in [0.15, 0.2) is 0 Å². The Bertz CT molecular complexity index is 546. The van der Waals surface area contributed by atoms with Crippen LogP contribution in [0.2, 0.25) is 5.02 Å². The number of carbonyl (C=O) groups is 1. The molecule has 1 aliphatic heterocycles. The highest BCUT2D eigenvalue weighted by Gasteiger charge is 2.26. The maximum atomic E-state index is 12.1. The molecule has 0 saturated carbocycles. The predicted molar refractivity (Wildman–Crippen MR) is 76.8 cm³/mol. The molecule has 0 bridgehead atoms. The van der Waals surface area contributed by atoms with Crippen LogP contribution in [0.5, 0.6) is 0 Å². The molecular weight excluding hydrogens is 305 g/mol. The molecule has 2 N–H and O–H groups in total. The van der Waals surface area contributed by atoms with Crippen LogP contribution in [0, 0.1) is 0 Å². The average molecular weight is 321 g/mol. The van der Waals surface area contributed by atoms with Gasteiger partial charge in [-0.1, -0.05) is 11.6 Å². The lowest BCUT2D eigenvalue weighted by molar-refractivity contribution is -0.135. The van der Waals surface area contributed by atoms with Crippen molar-refractivity contribution in [3.63, 3.8) is 0 Å². The second-order valence-electron chi connectivity index (χ2n) is 5.27. The minimum absolute atomic E-state index is 0.0697. The molecule has 1 heterocycles. The fourth-order valence-corrected chi connectivity index (χ4v) is 2.52. The van der Waals surface area contributed by atoms with Crippen LogP contribution in [-0.4, -0.2) is 18.1 Å². The lowest BCUT2D eigenvalue weighted by Crippen LogP contribution is -2.17. The highest BCUT2D eigenvalue weighted by molar-refractivity contribution is 6.33. The fraction of sp³-hybridized carbons (Fsp3) is 0.500. The second-order valence-corrected chi connectivity index (χ2v) is 5.67. The molecule has 1 aliphatic rings. The number of anilines is 2. The van der Waals surface area contributed by atoms with E-state index in [1.165, 1.54) is 0 Å². The van der Waals surface area contributed by atoms with Gasteiger partial charge in [-0.3, -0.25) is 4.79 Å². The lowest BCUT2D eigenvalue weighted by Gasteiger charge is -2.17. The quantitative estimate of drug-likeness (QED) is 0.846. The van der Waals surface area contributed by atoms with Crippen LogP contribution in [0.15, 0.2) is 12.1 Å². The van der Waals surface area contributed by atoms with Gasteiger partial charge in [0.25, 0.3) is 0 Å². The molecule has 0 aliphatic carbocycles. The van der Waals surface area contributed by atoms with Gasteiger partial charge in [0.2, 0.25) is 5.91 Å². The van der Waals surface area contributed by atoms with Crippen LogP contribution >= 0.6 is 11.6 Å². The summed E-state index contributed by atoms with van der Waals surface area (Å²) < 4.78 is 36.3. The van der Waals surface area contributed by atoms with Gasteiger partial charge in [0.1, 0.15) is 0 Å². The first-order chi connectivity index (χ1) is 9.74. The van der Waals surface area contributed by atoms with E-state index in [2.05, 4.69) is 10.6 Å². The molecule has 1 aromatic rings. The molecule has 2 rings (SSSR count). The number of halogens is 4. The molecular formula is C14H16ClF3N2O. The average Bonchev–Trinajstić information content (AvgIpc) is 2.67. The van der Waals surface area contributed by atoms with E-state index in [0.717, 1.165) is 5.56 Å². The third-order valence-electron chi connectivity index (χ3n) is 3.32. The van der Waals surface area contributed by atoms with Gasteiger partial charge in [-0.15, -0.1) is 0 Å². The Balaban J connectivity index is 1.94. The van der Waals surface area contributed by atoms with Gasteiger partial charge >= 0.3 is 6.18 Å². The zero-order valence-corrected chi connectivity index (χ0v) is 12.2. The molecule has 0 saturated heterocycles. The van der Waals surface area contributed by atoms with E-state index in [0.29, 0.717) is 29.2 Å². The molecule has 21 heavy (non-hydrogen) atoms. The van der Waals surface area contributed by atoms with E-state index in [1.54, 1.807) is 12.1 Å². The summed E-state index contributed by atoms with van der Waals surface area (Å²) >= 11 is 6.11. The van der Waals surface area contributed by atoms with E-state index in [4.69, 9.17) is 11.6 Å². The van der Waals surface area contributed by atoms with E-state index in [9.17, 15) is 18.0 Å². The first-order valence-electron chi connectivity index (χ1n) is 6.70. The highest BCUT2D eigenvalue weighted by Crippen LogP contribution is 2.33. The Morgan fingerprint density at radius 3 is 2.81 bits per heavy atom. The summed E-state index contributed by atoms with van der Waals surface area (Å²) in [6.45, 7) is 1.81. The van der Waals surface area contributed by atoms with Crippen molar-refractivity contribution in [2.24, 2.45) is 0 Å². The lowest BCUT2D eigenvalue weighted by atomic mass is 10.1. The van der Waals surface area contributed by atoms with Gasteiger partial charge in [0, 0.05) is 18.2 Å². The topological polar surface area (TPSA) is 41.1 Å². The van der Waals surface area contributed by atoms with Crippen molar-refractivity contribution in [1.29, 1.82) is 0 Å². The standard InChI is InChI=1S/C14H16ClF3N2O/c1-8(3-2-4-14(16,17)18)19-12-5-9-6-13(21)20-11(9)7-10(12)15/h5,7-8,19H,2-4,6H2,1H3,(H,20,21). The number of alkyl halides is 3. The molecule has 0 fully saturated rings. The van der Waals surface area contributed by atoms with Crippen molar-refractivity contribution in [1.82, 2.24) is 0 Å². The van der Waals surface area contributed by atoms with Gasteiger partial charge < -0.3 is 10.6 Å². The van der Waals surface area contributed by atoms with Crippen molar-refractivity contribution in [2.45, 2.75) is 44.8 Å². The first kappa shape index (κ1) is 15.9. The minimum Gasteiger partial charge on any atom is -0.381 e. The molecule has 1 amide bonds. The van der Waals surface area contributed by atoms with Crippen LogP contribution in [0.25, 0.3) is 0 Å². The maximum absolute atomic E-state index is 12.1. The minimum atomic E-state index is -4.11. The molecule has 7 heteroatoms. The smallest absolute Gasteiger partial charge is 0.381 e. The molecule has 116 valence electrons. The second kappa shape index (κ2) is 6.13. The SMILES string of the molecule is CC(CCCC(F)(F)F)Nc1cc2c(cc1Cl)NC(=O)C2. The molecule has 1 aromatic carbocycles. The monoisotopic (exact) mass is 320 g/mol. The molecule has 3 nitrogen and oxygen atoms in total. The Kier molecular flexibility index (Phi) is 4.66. The normalized spacial score (nSPS) is 15.6. The molecule has 0 spiro atoms. The molecule has 0 aromatic heterocycles. The fourth-order valence-electron chi connectivity index (χ4n) is 2.31. The third kappa shape index (κ3) is 4.52. The summed E-state index contributed by atoms with van der Waals surface area (Å²) in [5, 5.41) is 6.24. The van der Waals surface area contributed by atoms with Gasteiger partial charge in [-0.05, 0) is 37.5 Å². The van der Waals surface area contributed by atoms with Gasteiger partial charge in [-0.25, -0.2) is 0 Å². The number of benzene rings is 1. The van der Waals surface area contributed by atoms with E-state index in [-0.39, 0.29) is 18.4 Å². The van der Waals surface area contributed by atoms with E-state index >= 15 is 0 Å². The number of amides is 1. The maximum Gasteiger partial charge on any atom is 0.389 e. The van der Waals surface area contributed by atoms with Gasteiger partial charge in [-0.2, -0.15) is 13.2 Å². The Morgan fingerprint density at radius 1 is 1.43 bits per heavy atom. The third-order valence-corrected chi connectivity index (χ3v) is 3.63. The van der Waals surface area contributed by atoms with Crippen molar-refractivity contribution < 1.29 is 18.0 Å². The largest absolute Gasteiger partial charge is 0.389 e. The molecule has 0 radical (unpaired) electrons. The van der Waals surface area contributed by atoms with Crippen LogP contribution in [0.3, 0.4) is 0 Å². The van der Waals surface area contributed by atoms with Crippen LogP contribution in [0.1, 0.15) is 31.7 Å². The van der Waals surface area contributed by atoms with E-state index in [1.807, 2.05) is 6.92 Å². The summed E-state index contributed by atoms with van der Waals surface area (Å²) in [6.07, 6.45) is -4.14. The number of rotatable bonds is 5. The van der Waals surface area contributed by atoms with E-state index < -0.39 is 12.6 Å². The van der Waals surface area contributed by atoms with Gasteiger partial charge in [0.05, 0.1) is 17.1 Å². The summed E-state index contributed by atoms with van der Waals surface area (Å²) in [5.41, 5.74) is 2.18. The van der Waals surface area contributed by atoms with Crippen LogP contribution < -0.4 is 10.6 Å². The first-order valence-corrected chi connectivity index (χ1v) is 7.08. The Hall–Kier alpha value is -1.43. The van der Waals surface area contributed by atoms with Crippen molar-refractivity contribution >= 4 is 28.9 Å². The van der Waals surface area contributed by atoms with Crippen molar-refractivity contribution in [3.05, 3.63) is 22.7 Å². The van der Waals surface area contributed by atoms with Crippen LogP contribution in [0.4, 0.5) is 24.5 Å². The van der Waals surface area contributed by atoms with Crippen molar-refractivity contribution in [3.8, 4) is 0 Å². The number of fused-ring (bicyclic) bond motifs is 1. The summed E-state index contributed by atoms with van der Waals surface area (Å²) in [7, 11) is 0. The van der Waals surface area contributed by atoms with Crippen molar-refractivity contribution in [2.75, 3.05) is 10.6 Å². The molecule has 1 atom stereocenters. The number of hydrogen-bond acceptors (Lipinski definition) is 2.